The summed E-state index contributed by atoms with van der Waals surface area (Å²) in [6.07, 6.45) is 0.216. The number of amides is 1. The number of hydrogen-bond acceptors (Lipinski definition) is 3. The predicted molar refractivity (Wildman–Crippen MR) is 64.1 cm³/mol. The molecule has 96 valence electrons. The van der Waals surface area contributed by atoms with Crippen LogP contribution in [0.5, 0.6) is 0 Å². The maximum absolute atomic E-state index is 11.4. The molecule has 5 heteroatoms. The number of benzene rings is 1. The Hall–Kier alpha value is -1.88. The monoisotopic (exact) mass is 249 g/mol. The second-order valence-electron chi connectivity index (χ2n) is 4.37. The van der Waals surface area contributed by atoms with Gasteiger partial charge >= 0.3 is 5.97 Å². The number of carboxylic acids is 1. The zero-order chi connectivity index (χ0) is 13.1. The molecular formula is C13H15NO4. The topological polar surface area (TPSA) is 75.6 Å². The summed E-state index contributed by atoms with van der Waals surface area (Å²) in [5.41, 5.74) is 1.83. The number of ether oxygens (including phenoxy) is 1. The van der Waals surface area contributed by atoms with Gasteiger partial charge in [0.05, 0.1) is 6.61 Å². The van der Waals surface area contributed by atoms with E-state index in [1.54, 1.807) is 7.11 Å². The van der Waals surface area contributed by atoms with E-state index in [0.717, 1.165) is 11.1 Å². The van der Waals surface area contributed by atoms with Gasteiger partial charge in [-0.1, -0.05) is 24.3 Å². The lowest BCUT2D eigenvalue weighted by molar-refractivity contribution is -0.140. The Balaban J connectivity index is 2.26. The third kappa shape index (κ3) is 2.51. The molecule has 1 amide bonds. The number of carbonyl (C=O) groups excluding carboxylic acids is 1. The van der Waals surface area contributed by atoms with Crippen molar-refractivity contribution in [2.24, 2.45) is 0 Å². The van der Waals surface area contributed by atoms with Gasteiger partial charge in [0.1, 0.15) is 6.04 Å². The highest BCUT2D eigenvalue weighted by atomic mass is 16.5. The highest BCUT2D eigenvalue weighted by Crippen LogP contribution is 2.29. The lowest BCUT2D eigenvalue weighted by Crippen LogP contribution is -2.36. The summed E-state index contributed by atoms with van der Waals surface area (Å²) < 4.78 is 5.04. The summed E-state index contributed by atoms with van der Waals surface area (Å²) in [4.78, 5) is 22.5. The van der Waals surface area contributed by atoms with Crippen LogP contribution in [0.25, 0.3) is 0 Å². The van der Waals surface area contributed by atoms with Crippen molar-refractivity contribution in [2.45, 2.75) is 25.0 Å². The van der Waals surface area contributed by atoms with E-state index in [1.165, 1.54) is 0 Å². The third-order valence-corrected chi connectivity index (χ3v) is 3.08. The first kappa shape index (κ1) is 12.6. The minimum atomic E-state index is -0.997. The van der Waals surface area contributed by atoms with E-state index >= 15 is 0 Å². The van der Waals surface area contributed by atoms with Gasteiger partial charge in [-0.25, -0.2) is 4.79 Å². The van der Waals surface area contributed by atoms with E-state index in [1.807, 2.05) is 24.3 Å². The van der Waals surface area contributed by atoms with E-state index in [-0.39, 0.29) is 18.2 Å². The van der Waals surface area contributed by atoms with Gasteiger partial charge in [0, 0.05) is 19.4 Å². The number of carboxylic acid groups (broad SMARTS) is 1. The number of methoxy groups -OCH3 is 1. The van der Waals surface area contributed by atoms with E-state index in [2.05, 4.69) is 5.32 Å². The van der Waals surface area contributed by atoms with Crippen molar-refractivity contribution in [1.82, 2.24) is 5.32 Å². The summed E-state index contributed by atoms with van der Waals surface area (Å²) in [7, 11) is 1.60. The fourth-order valence-electron chi connectivity index (χ4n) is 2.27. The third-order valence-electron chi connectivity index (χ3n) is 3.08. The molecule has 1 fully saturated rings. The van der Waals surface area contributed by atoms with Crippen LogP contribution in [0.4, 0.5) is 0 Å². The molecule has 1 heterocycles. The number of carbonyl (C=O) groups is 2. The van der Waals surface area contributed by atoms with Crippen molar-refractivity contribution >= 4 is 11.9 Å². The van der Waals surface area contributed by atoms with Crippen LogP contribution in [0.2, 0.25) is 0 Å². The SMILES string of the molecule is COCc1cccc(C2CC(=O)NC2C(=O)O)c1. The second-order valence-corrected chi connectivity index (χ2v) is 4.37. The molecule has 18 heavy (non-hydrogen) atoms. The molecule has 0 bridgehead atoms. The molecule has 0 saturated carbocycles. The standard InChI is InChI=1S/C13H15NO4/c1-18-7-8-3-2-4-9(5-8)10-6-11(15)14-12(10)13(16)17/h2-5,10,12H,6-7H2,1H3,(H,14,15)(H,16,17). The smallest absolute Gasteiger partial charge is 0.326 e. The van der Waals surface area contributed by atoms with E-state index in [9.17, 15) is 9.59 Å². The lowest BCUT2D eigenvalue weighted by Gasteiger charge is -2.15. The van der Waals surface area contributed by atoms with Crippen molar-refractivity contribution in [2.75, 3.05) is 7.11 Å². The molecule has 1 aliphatic heterocycles. The molecule has 0 aliphatic carbocycles. The Morgan fingerprint density at radius 2 is 2.33 bits per heavy atom. The van der Waals surface area contributed by atoms with E-state index < -0.39 is 12.0 Å². The van der Waals surface area contributed by atoms with Crippen LogP contribution in [0, 0.1) is 0 Å². The van der Waals surface area contributed by atoms with Crippen LogP contribution < -0.4 is 5.32 Å². The highest BCUT2D eigenvalue weighted by Gasteiger charge is 2.38. The van der Waals surface area contributed by atoms with Crippen LogP contribution in [0.15, 0.2) is 24.3 Å². The first-order chi connectivity index (χ1) is 8.61. The maximum Gasteiger partial charge on any atom is 0.326 e. The van der Waals surface area contributed by atoms with Crippen LogP contribution in [-0.4, -0.2) is 30.1 Å². The van der Waals surface area contributed by atoms with E-state index in [0.29, 0.717) is 6.61 Å². The molecule has 1 saturated heterocycles. The van der Waals surface area contributed by atoms with E-state index in [4.69, 9.17) is 9.84 Å². The quantitative estimate of drug-likeness (QED) is 0.831. The van der Waals surface area contributed by atoms with Gasteiger partial charge in [0.15, 0.2) is 0 Å². The Kier molecular flexibility index (Phi) is 3.62. The zero-order valence-corrected chi connectivity index (χ0v) is 10.1. The molecule has 2 unspecified atom stereocenters. The summed E-state index contributed by atoms with van der Waals surface area (Å²) in [5, 5.41) is 11.6. The number of hydrogen-bond donors (Lipinski definition) is 2. The minimum Gasteiger partial charge on any atom is -0.480 e. The lowest BCUT2D eigenvalue weighted by atomic mass is 9.91. The van der Waals surface area contributed by atoms with Gasteiger partial charge in [0.2, 0.25) is 5.91 Å². The Morgan fingerprint density at radius 1 is 1.56 bits per heavy atom. The fourth-order valence-corrected chi connectivity index (χ4v) is 2.27. The van der Waals surface area contributed by atoms with Gasteiger partial charge in [-0.2, -0.15) is 0 Å². The highest BCUT2D eigenvalue weighted by molar-refractivity contribution is 5.89. The molecule has 1 aromatic carbocycles. The molecule has 5 nitrogen and oxygen atoms in total. The first-order valence-electron chi connectivity index (χ1n) is 5.71. The molecule has 2 rings (SSSR count). The average molecular weight is 249 g/mol. The van der Waals surface area contributed by atoms with Crippen molar-refractivity contribution in [3.63, 3.8) is 0 Å². The van der Waals surface area contributed by atoms with Gasteiger partial charge in [-0.05, 0) is 11.1 Å². The average Bonchev–Trinajstić information content (AvgIpc) is 2.72. The minimum absolute atomic E-state index is 0.216. The predicted octanol–water partition coefficient (Wildman–Crippen LogP) is 0.890. The number of aliphatic carboxylic acids is 1. The molecule has 0 radical (unpaired) electrons. The number of nitrogens with one attached hydrogen (secondary N) is 1. The van der Waals surface area contributed by atoms with Crippen LogP contribution in [0.1, 0.15) is 23.5 Å². The normalized spacial score (nSPS) is 22.8. The van der Waals surface area contributed by atoms with Crippen molar-refractivity contribution in [3.8, 4) is 0 Å². The van der Waals surface area contributed by atoms with Crippen molar-refractivity contribution < 1.29 is 19.4 Å². The first-order valence-corrected chi connectivity index (χ1v) is 5.71. The van der Waals surface area contributed by atoms with Crippen LogP contribution in [-0.2, 0) is 20.9 Å². The fraction of sp³-hybridized carbons (Fsp3) is 0.385. The molecule has 1 aliphatic rings. The largest absolute Gasteiger partial charge is 0.480 e. The number of rotatable bonds is 4. The van der Waals surface area contributed by atoms with Crippen LogP contribution in [0.3, 0.4) is 0 Å². The van der Waals surface area contributed by atoms with Gasteiger partial charge in [-0.3, -0.25) is 4.79 Å². The Bertz CT molecular complexity index is 472. The Labute approximate surface area is 105 Å². The summed E-state index contributed by atoms with van der Waals surface area (Å²) in [6, 6.07) is 6.67. The van der Waals surface area contributed by atoms with Crippen molar-refractivity contribution in [3.05, 3.63) is 35.4 Å². The zero-order valence-electron chi connectivity index (χ0n) is 10.1. The summed E-state index contributed by atoms with van der Waals surface area (Å²) >= 11 is 0. The molecule has 0 aromatic heterocycles. The van der Waals surface area contributed by atoms with Crippen molar-refractivity contribution in [1.29, 1.82) is 0 Å². The molecule has 0 spiro atoms. The maximum atomic E-state index is 11.4. The van der Waals surface area contributed by atoms with Gasteiger partial charge in [0.25, 0.3) is 0 Å². The molecule has 2 atom stereocenters. The summed E-state index contributed by atoms with van der Waals surface area (Å²) in [6.45, 7) is 0.472. The van der Waals surface area contributed by atoms with Crippen LogP contribution >= 0.6 is 0 Å². The summed E-state index contributed by atoms with van der Waals surface area (Å²) in [5.74, 6) is -1.53. The molecule has 1 aromatic rings. The second kappa shape index (κ2) is 5.18. The van der Waals surface area contributed by atoms with Gasteiger partial charge < -0.3 is 15.2 Å². The molecule has 2 N–H and O–H groups in total. The molecular weight excluding hydrogens is 234 g/mol. The Morgan fingerprint density at radius 3 is 3.00 bits per heavy atom. The van der Waals surface area contributed by atoms with Gasteiger partial charge in [-0.15, -0.1) is 0 Å².